The number of nitrogens with zero attached hydrogens (tertiary/aromatic N) is 2. The zero-order chi connectivity index (χ0) is 15.6. The molecular formula is C15H21N3O2S. The number of rotatable bonds is 5. The maximum atomic E-state index is 11.8. The first-order valence-electron chi connectivity index (χ1n) is 6.93. The van der Waals surface area contributed by atoms with Crippen LogP contribution in [-0.2, 0) is 16.9 Å². The van der Waals surface area contributed by atoms with Gasteiger partial charge in [0.15, 0.2) is 9.84 Å². The maximum Gasteiger partial charge on any atom is 0.178 e. The molecule has 0 aliphatic carbocycles. The summed E-state index contributed by atoms with van der Waals surface area (Å²) in [7, 11) is -1.24. The molecule has 2 aromatic rings. The summed E-state index contributed by atoms with van der Waals surface area (Å²) in [5.41, 5.74) is 3.01. The van der Waals surface area contributed by atoms with Gasteiger partial charge < -0.3 is 5.32 Å². The predicted octanol–water partition coefficient (Wildman–Crippen LogP) is 2.70. The molecule has 1 N–H and O–H groups in total. The van der Waals surface area contributed by atoms with Gasteiger partial charge in [-0.1, -0.05) is 6.92 Å². The molecule has 1 unspecified atom stereocenters. The standard InChI is InChI=1S/C15H21N3O2S/c1-5-21(19,20)14-8-6-13(7-9-14)16-11(2)15-10-18(4)17-12(15)3/h6-11,16H,5H2,1-4H3. The van der Waals surface area contributed by atoms with E-state index in [0.29, 0.717) is 4.90 Å². The molecule has 21 heavy (non-hydrogen) atoms. The average molecular weight is 307 g/mol. The summed E-state index contributed by atoms with van der Waals surface area (Å²) in [6, 6.07) is 6.98. The minimum atomic E-state index is -3.14. The fourth-order valence-corrected chi connectivity index (χ4v) is 3.18. The zero-order valence-electron chi connectivity index (χ0n) is 12.8. The molecule has 1 aromatic heterocycles. The number of hydrogen-bond donors (Lipinski definition) is 1. The van der Waals surface area contributed by atoms with Crippen molar-refractivity contribution in [1.82, 2.24) is 9.78 Å². The van der Waals surface area contributed by atoms with Gasteiger partial charge in [0.25, 0.3) is 0 Å². The van der Waals surface area contributed by atoms with Gasteiger partial charge in [0.1, 0.15) is 0 Å². The molecule has 0 bridgehead atoms. The fraction of sp³-hybridized carbons (Fsp3) is 0.400. The Morgan fingerprint density at radius 1 is 1.29 bits per heavy atom. The van der Waals surface area contributed by atoms with Gasteiger partial charge in [-0.25, -0.2) is 8.42 Å². The largest absolute Gasteiger partial charge is 0.378 e. The van der Waals surface area contributed by atoms with Crippen LogP contribution < -0.4 is 5.32 Å². The van der Waals surface area contributed by atoms with E-state index < -0.39 is 9.84 Å². The van der Waals surface area contributed by atoms with Crippen LogP contribution in [0.2, 0.25) is 0 Å². The summed E-state index contributed by atoms with van der Waals surface area (Å²) in [5.74, 6) is 0.116. The Kier molecular flexibility index (Phi) is 4.37. The molecule has 114 valence electrons. The first-order valence-corrected chi connectivity index (χ1v) is 8.58. The second-order valence-electron chi connectivity index (χ2n) is 5.14. The highest BCUT2D eigenvalue weighted by Gasteiger charge is 2.13. The van der Waals surface area contributed by atoms with Gasteiger partial charge in [0.05, 0.1) is 22.4 Å². The minimum Gasteiger partial charge on any atom is -0.378 e. The Morgan fingerprint density at radius 2 is 1.90 bits per heavy atom. The van der Waals surface area contributed by atoms with Crippen LogP contribution in [0.25, 0.3) is 0 Å². The number of hydrogen-bond acceptors (Lipinski definition) is 4. The third-order valence-corrected chi connectivity index (χ3v) is 5.25. The van der Waals surface area contributed by atoms with E-state index in [9.17, 15) is 8.42 Å². The van der Waals surface area contributed by atoms with E-state index in [0.717, 1.165) is 16.9 Å². The third-order valence-electron chi connectivity index (χ3n) is 3.49. The van der Waals surface area contributed by atoms with Gasteiger partial charge >= 0.3 is 0 Å². The van der Waals surface area contributed by atoms with Crippen LogP contribution in [0.4, 0.5) is 5.69 Å². The van der Waals surface area contributed by atoms with Crippen molar-refractivity contribution in [2.24, 2.45) is 7.05 Å². The summed E-state index contributed by atoms with van der Waals surface area (Å²) in [6.45, 7) is 5.68. The summed E-state index contributed by atoms with van der Waals surface area (Å²) in [4.78, 5) is 0.362. The van der Waals surface area contributed by atoms with E-state index in [-0.39, 0.29) is 11.8 Å². The third kappa shape index (κ3) is 3.44. The van der Waals surface area contributed by atoms with Gasteiger partial charge in [-0.2, -0.15) is 5.10 Å². The van der Waals surface area contributed by atoms with Crippen LogP contribution >= 0.6 is 0 Å². The molecule has 1 atom stereocenters. The summed E-state index contributed by atoms with van der Waals surface area (Å²) in [6.07, 6.45) is 1.99. The second-order valence-corrected chi connectivity index (χ2v) is 7.42. The maximum absolute atomic E-state index is 11.8. The number of sulfone groups is 1. The van der Waals surface area contributed by atoms with E-state index in [4.69, 9.17) is 0 Å². The fourth-order valence-electron chi connectivity index (χ4n) is 2.30. The number of anilines is 1. The Morgan fingerprint density at radius 3 is 2.38 bits per heavy atom. The Labute approximate surface area is 125 Å². The lowest BCUT2D eigenvalue weighted by Crippen LogP contribution is -2.08. The van der Waals surface area contributed by atoms with Gasteiger partial charge in [-0.3, -0.25) is 4.68 Å². The molecule has 0 spiro atoms. The van der Waals surface area contributed by atoms with Gasteiger partial charge in [-0.05, 0) is 38.1 Å². The molecular weight excluding hydrogens is 286 g/mol. The van der Waals surface area contributed by atoms with Crippen molar-refractivity contribution in [3.8, 4) is 0 Å². The van der Waals surface area contributed by atoms with Crippen LogP contribution in [0, 0.1) is 6.92 Å². The second kappa shape index (κ2) is 5.89. The first kappa shape index (κ1) is 15.6. The molecule has 1 heterocycles. The lowest BCUT2D eigenvalue weighted by Gasteiger charge is -2.15. The molecule has 0 aliphatic rings. The van der Waals surface area contributed by atoms with Crippen molar-refractivity contribution >= 4 is 15.5 Å². The smallest absolute Gasteiger partial charge is 0.178 e. The zero-order valence-corrected chi connectivity index (χ0v) is 13.6. The van der Waals surface area contributed by atoms with Crippen molar-refractivity contribution in [2.75, 3.05) is 11.1 Å². The average Bonchev–Trinajstić information content (AvgIpc) is 2.78. The highest BCUT2D eigenvalue weighted by atomic mass is 32.2. The number of aromatic nitrogens is 2. The molecule has 0 saturated heterocycles. The number of benzene rings is 1. The lowest BCUT2D eigenvalue weighted by atomic mass is 10.1. The van der Waals surface area contributed by atoms with Crippen LogP contribution in [0.15, 0.2) is 35.4 Å². The van der Waals surface area contributed by atoms with Gasteiger partial charge in [0.2, 0.25) is 0 Å². The molecule has 6 heteroatoms. The molecule has 0 radical (unpaired) electrons. The molecule has 2 rings (SSSR count). The quantitative estimate of drug-likeness (QED) is 0.922. The monoisotopic (exact) mass is 307 g/mol. The van der Waals surface area contributed by atoms with E-state index in [2.05, 4.69) is 17.3 Å². The van der Waals surface area contributed by atoms with Gasteiger partial charge in [0, 0.05) is 24.5 Å². The Hall–Kier alpha value is -1.82. The molecule has 5 nitrogen and oxygen atoms in total. The SMILES string of the molecule is CCS(=O)(=O)c1ccc(NC(C)c2cn(C)nc2C)cc1. The Balaban J connectivity index is 2.15. The van der Waals surface area contributed by atoms with Crippen molar-refractivity contribution in [3.05, 3.63) is 41.7 Å². The Bertz CT molecular complexity index is 718. The summed E-state index contributed by atoms with van der Waals surface area (Å²) in [5, 5.41) is 7.69. The molecule has 0 aliphatic heterocycles. The highest BCUT2D eigenvalue weighted by molar-refractivity contribution is 7.91. The van der Waals surface area contributed by atoms with E-state index in [1.54, 1.807) is 35.9 Å². The van der Waals surface area contributed by atoms with Crippen molar-refractivity contribution in [1.29, 1.82) is 0 Å². The van der Waals surface area contributed by atoms with Crippen LogP contribution in [0.3, 0.4) is 0 Å². The van der Waals surface area contributed by atoms with Crippen molar-refractivity contribution in [2.45, 2.75) is 31.7 Å². The lowest BCUT2D eigenvalue weighted by molar-refractivity contribution is 0.597. The van der Waals surface area contributed by atoms with E-state index in [1.165, 1.54) is 0 Å². The molecule has 0 saturated carbocycles. The van der Waals surface area contributed by atoms with Crippen molar-refractivity contribution < 1.29 is 8.42 Å². The van der Waals surface area contributed by atoms with Gasteiger partial charge in [-0.15, -0.1) is 0 Å². The summed E-state index contributed by atoms with van der Waals surface area (Å²) >= 11 is 0. The van der Waals surface area contributed by atoms with Crippen LogP contribution in [-0.4, -0.2) is 24.0 Å². The highest BCUT2D eigenvalue weighted by Crippen LogP contribution is 2.22. The van der Waals surface area contributed by atoms with Crippen molar-refractivity contribution in [3.63, 3.8) is 0 Å². The molecule has 1 aromatic carbocycles. The number of nitrogens with one attached hydrogen (secondary N) is 1. The van der Waals surface area contributed by atoms with Crippen LogP contribution in [0.1, 0.15) is 31.1 Å². The number of aryl methyl sites for hydroxylation is 2. The van der Waals surface area contributed by atoms with E-state index in [1.807, 2.05) is 20.2 Å². The molecule has 0 amide bonds. The predicted molar refractivity (Wildman–Crippen MR) is 84.2 cm³/mol. The van der Waals surface area contributed by atoms with E-state index >= 15 is 0 Å². The normalized spacial score (nSPS) is 13.1. The first-order chi connectivity index (χ1) is 9.83. The summed E-state index contributed by atoms with van der Waals surface area (Å²) < 4.78 is 25.3. The topological polar surface area (TPSA) is 64.0 Å². The minimum absolute atomic E-state index is 0.104. The van der Waals surface area contributed by atoms with Crippen LogP contribution in [0.5, 0.6) is 0 Å². The molecule has 0 fully saturated rings.